The molecule has 0 aliphatic rings. The standard InChI is InChI=1S/C26H54N4O3/c1-26(2,3)23-33-22-21-30(6,7)20-14-18-28-25(32)16-12-10-8-9-11-15-24(31)27-17-13-19-29(4)5/h8-23H2,1-7H3,(H-,27,28,31,32)/p+1. The second-order valence-corrected chi connectivity index (χ2v) is 11.5. The number of quaternary nitrogens is 1. The molecule has 0 atom stereocenters. The fourth-order valence-corrected chi connectivity index (χ4v) is 3.44. The average molecular weight is 472 g/mol. The monoisotopic (exact) mass is 471 g/mol. The van der Waals surface area contributed by atoms with E-state index in [-0.39, 0.29) is 17.2 Å². The zero-order valence-electron chi connectivity index (χ0n) is 22.9. The summed E-state index contributed by atoms with van der Waals surface area (Å²) in [6, 6.07) is 0. The Balaban J connectivity index is 3.56. The van der Waals surface area contributed by atoms with Gasteiger partial charge in [0.1, 0.15) is 6.54 Å². The number of likely N-dealkylation sites (N-methyl/N-ethyl adjacent to an activating group) is 1. The molecule has 0 aromatic heterocycles. The van der Waals surface area contributed by atoms with E-state index in [1.807, 2.05) is 14.1 Å². The Bertz CT molecular complexity index is 516. The topological polar surface area (TPSA) is 70.7 Å². The van der Waals surface area contributed by atoms with E-state index in [0.29, 0.717) is 12.8 Å². The predicted octanol–water partition coefficient (Wildman–Crippen LogP) is 3.43. The number of nitrogens with zero attached hydrogens (tertiary/aromatic N) is 2. The Morgan fingerprint density at radius 2 is 1.30 bits per heavy atom. The molecule has 0 bridgehead atoms. The molecule has 2 amide bonds. The highest BCUT2D eigenvalue weighted by Crippen LogP contribution is 2.13. The van der Waals surface area contributed by atoms with E-state index in [0.717, 1.165) is 95.4 Å². The first-order chi connectivity index (χ1) is 15.4. The van der Waals surface area contributed by atoms with Crippen LogP contribution in [0.5, 0.6) is 0 Å². The molecule has 7 nitrogen and oxygen atoms in total. The Hall–Kier alpha value is -1.18. The molecule has 0 aromatic rings. The molecule has 0 aliphatic heterocycles. The molecule has 0 unspecified atom stereocenters. The normalized spacial score (nSPS) is 12.2. The van der Waals surface area contributed by atoms with Crippen LogP contribution in [0.3, 0.4) is 0 Å². The van der Waals surface area contributed by atoms with Crippen molar-refractivity contribution in [2.75, 3.05) is 74.1 Å². The molecule has 0 heterocycles. The van der Waals surface area contributed by atoms with Crippen LogP contribution in [0.1, 0.15) is 78.6 Å². The molecule has 196 valence electrons. The third-order valence-electron chi connectivity index (χ3n) is 5.55. The summed E-state index contributed by atoms with van der Waals surface area (Å²) in [5.41, 5.74) is 0.212. The van der Waals surface area contributed by atoms with Crippen LogP contribution in [-0.2, 0) is 14.3 Å². The molecule has 33 heavy (non-hydrogen) atoms. The number of hydrogen-bond donors (Lipinski definition) is 2. The molecule has 0 rings (SSSR count). The van der Waals surface area contributed by atoms with Crippen LogP contribution < -0.4 is 10.6 Å². The highest BCUT2D eigenvalue weighted by atomic mass is 16.5. The number of rotatable bonds is 20. The van der Waals surface area contributed by atoms with Gasteiger partial charge in [-0.15, -0.1) is 0 Å². The van der Waals surface area contributed by atoms with Gasteiger partial charge in [-0.3, -0.25) is 9.59 Å². The van der Waals surface area contributed by atoms with Crippen LogP contribution in [0, 0.1) is 5.41 Å². The van der Waals surface area contributed by atoms with E-state index < -0.39 is 0 Å². The summed E-state index contributed by atoms with van der Waals surface area (Å²) in [4.78, 5) is 25.9. The van der Waals surface area contributed by atoms with Crippen molar-refractivity contribution < 1.29 is 18.8 Å². The summed E-state index contributed by atoms with van der Waals surface area (Å²) in [6.45, 7) is 12.6. The van der Waals surface area contributed by atoms with Gasteiger partial charge in [0.25, 0.3) is 0 Å². The van der Waals surface area contributed by atoms with Crippen LogP contribution in [0.25, 0.3) is 0 Å². The van der Waals surface area contributed by atoms with Crippen molar-refractivity contribution in [1.82, 2.24) is 15.5 Å². The summed E-state index contributed by atoms with van der Waals surface area (Å²) in [6.07, 6.45) is 8.24. The maximum absolute atomic E-state index is 12.0. The van der Waals surface area contributed by atoms with Gasteiger partial charge >= 0.3 is 0 Å². The molecular formula is C26H55N4O3+. The van der Waals surface area contributed by atoms with Crippen LogP contribution in [0.2, 0.25) is 0 Å². The van der Waals surface area contributed by atoms with Crippen LogP contribution in [0.15, 0.2) is 0 Å². The maximum Gasteiger partial charge on any atom is 0.219 e. The summed E-state index contributed by atoms with van der Waals surface area (Å²) < 4.78 is 6.70. The van der Waals surface area contributed by atoms with Crippen molar-refractivity contribution in [3.8, 4) is 0 Å². The fourth-order valence-electron chi connectivity index (χ4n) is 3.44. The van der Waals surface area contributed by atoms with E-state index in [9.17, 15) is 9.59 Å². The van der Waals surface area contributed by atoms with Crippen LogP contribution in [-0.4, -0.2) is 95.3 Å². The molecule has 0 aromatic carbocycles. The van der Waals surface area contributed by atoms with Crippen molar-refractivity contribution in [2.24, 2.45) is 5.41 Å². The van der Waals surface area contributed by atoms with Crippen LogP contribution in [0.4, 0.5) is 0 Å². The lowest BCUT2D eigenvalue weighted by Crippen LogP contribution is -2.44. The Labute approximate surface area is 204 Å². The minimum atomic E-state index is 0.158. The zero-order chi connectivity index (χ0) is 25.2. The van der Waals surface area contributed by atoms with Crippen molar-refractivity contribution in [2.45, 2.75) is 78.6 Å². The Morgan fingerprint density at radius 1 is 0.788 bits per heavy atom. The molecule has 2 N–H and O–H groups in total. The van der Waals surface area contributed by atoms with Gasteiger partial charge in [0.2, 0.25) is 11.8 Å². The number of carbonyl (C=O) groups is 2. The number of hydrogen-bond acceptors (Lipinski definition) is 4. The Kier molecular flexibility index (Phi) is 17.5. The zero-order valence-corrected chi connectivity index (χ0v) is 22.9. The highest BCUT2D eigenvalue weighted by molar-refractivity contribution is 5.76. The number of ether oxygens (including phenoxy) is 1. The average Bonchev–Trinajstić information content (AvgIpc) is 2.70. The van der Waals surface area contributed by atoms with Gasteiger partial charge in [0, 0.05) is 32.4 Å². The SMILES string of the molecule is CN(C)CCCNC(=O)CCCCCCCC(=O)NCCC[N+](C)(C)CCOCC(C)(C)C. The molecular weight excluding hydrogens is 416 g/mol. The molecule has 0 saturated carbocycles. The van der Waals surface area contributed by atoms with Crippen molar-refractivity contribution >= 4 is 11.8 Å². The molecule has 0 aliphatic carbocycles. The van der Waals surface area contributed by atoms with E-state index >= 15 is 0 Å². The largest absolute Gasteiger partial charge is 0.375 e. The third-order valence-corrected chi connectivity index (χ3v) is 5.55. The van der Waals surface area contributed by atoms with E-state index in [1.165, 1.54) is 0 Å². The lowest BCUT2D eigenvalue weighted by molar-refractivity contribution is -0.890. The molecule has 7 heteroatoms. The molecule has 0 fully saturated rings. The quantitative estimate of drug-likeness (QED) is 0.211. The third kappa shape index (κ3) is 23.8. The van der Waals surface area contributed by atoms with Gasteiger partial charge in [0.05, 0.1) is 33.9 Å². The lowest BCUT2D eigenvalue weighted by Gasteiger charge is -2.30. The van der Waals surface area contributed by atoms with Gasteiger partial charge in [-0.05, 0) is 45.3 Å². The fraction of sp³-hybridized carbons (Fsp3) is 0.923. The Morgan fingerprint density at radius 3 is 1.82 bits per heavy atom. The summed E-state index contributed by atoms with van der Waals surface area (Å²) in [5.74, 6) is 0.318. The van der Waals surface area contributed by atoms with Crippen LogP contribution >= 0.6 is 0 Å². The van der Waals surface area contributed by atoms with Gasteiger partial charge in [-0.2, -0.15) is 0 Å². The number of amides is 2. The predicted molar refractivity (Wildman–Crippen MR) is 138 cm³/mol. The van der Waals surface area contributed by atoms with Gasteiger partial charge < -0.3 is 24.8 Å². The summed E-state index contributed by atoms with van der Waals surface area (Å²) in [5, 5.41) is 6.04. The van der Waals surface area contributed by atoms with Gasteiger partial charge in [0.15, 0.2) is 0 Å². The first kappa shape index (κ1) is 31.8. The minimum Gasteiger partial charge on any atom is -0.375 e. The smallest absolute Gasteiger partial charge is 0.219 e. The first-order valence-electron chi connectivity index (χ1n) is 13.0. The lowest BCUT2D eigenvalue weighted by atomic mass is 9.99. The van der Waals surface area contributed by atoms with Crippen molar-refractivity contribution in [3.05, 3.63) is 0 Å². The molecule has 0 saturated heterocycles. The molecule has 0 radical (unpaired) electrons. The highest BCUT2D eigenvalue weighted by Gasteiger charge is 2.16. The number of carbonyl (C=O) groups excluding carboxylic acids is 2. The first-order valence-corrected chi connectivity index (χ1v) is 13.0. The number of nitrogens with one attached hydrogen (secondary N) is 2. The maximum atomic E-state index is 12.0. The van der Waals surface area contributed by atoms with Crippen molar-refractivity contribution in [1.29, 1.82) is 0 Å². The van der Waals surface area contributed by atoms with Gasteiger partial charge in [-0.25, -0.2) is 0 Å². The summed E-state index contributed by atoms with van der Waals surface area (Å²) in [7, 11) is 8.52. The second kappa shape index (κ2) is 18.2. The molecule has 0 spiro atoms. The van der Waals surface area contributed by atoms with Gasteiger partial charge in [-0.1, -0.05) is 40.0 Å². The second-order valence-electron chi connectivity index (χ2n) is 11.5. The van der Waals surface area contributed by atoms with Crippen molar-refractivity contribution in [3.63, 3.8) is 0 Å². The summed E-state index contributed by atoms with van der Waals surface area (Å²) >= 11 is 0. The minimum absolute atomic E-state index is 0.158. The number of unbranched alkanes of at least 4 members (excludes halogenated alkanes) is 4. The van der Waals surface area contributed by atoms with E-state index in [4.69, 9.17) is 4.74 Å². The van der Waals surface area contributed by atoms with E-state index in [1.54, 1.807) is 0 Å². The van der Waals surface area contributed by atoms with E-state index in [2.05, 4.69) is 50.4 Å².